The standard InChI is InChI=1S/C13H20O2/c1-4-9-15-11(3)12-7-6-8-13(10-12)14-5-2/h6-8,10-11H,4-5,9H2,1-3H3. The molecule has 0 aromatic heterocycles. The summed E-state index contributed by atoms with van der Waals surface area (Å²) in [4.78, 5) is 0. The zero-order valence-electron chi connectivity index (χ0n) is 9.82. The van der Waals surface area contributed by atoms with Crippen molar-refractivity contribution in [3.63, 3.8) is 0 Å². The van der Waals surface area contributed by atoms with E-state index in [2.05, 4.69) is 19.9 Å². The Bertz CT molecular complexity index is 284. The Hall–Kier alpha value is -1.02. The summed E-state index contributed by atoms with van der Waals surface area (Å²) in [7, 11) is 0. The maximum Gasteiger partial charge on any atom is 0.119 e. The van der Waals surface area contributed by atoms with E-state index >= 15 is 0 Å². The second-order valence-corrected chi connectivity index (χ2v) is 3.52. The zero-order chi connectivity index (χ0) is 11.1. The van der Waals surface area contributed by atoms with E-state index < -0.39 is 0 Å². The van der Waals surface area contributed by atoms with Crippen molar-refractivity contribution in [1.82, 2.24) is 0 Å². The minimum Gasteiger partial charge on any atom is -0.494 e. The van der Waals surface area contributed by atoms with Crippen LogP contribution in [-0.4, -0.2) is 13.2 Å². The van der Waals surface area contributed by atoms with Crippen LogP contribution in [0, 0.1) is 0 Å². The lowest BCUT2D eigenvalue weighted by atomic mass is 10.1. The molecule has 0 heterocycles. The summed E-state index contributed by atoms with van der Waals surface area (Å²) in [5.74, 6) is 0.918. The fourth-order valence-electron chi connectivity index (χ4n) is 1.41. The third-order valence-corrected chi connectivity index (χ3v) is 2.21. The predicted molar refractivity (Wildman–Crippen MR) is 62.3 cm³/mol. The Kier molecular flexibility index (Phi) is 5.19. The fourth-order valence-corrected chi connectivity index (χ4v) is 1.41. The van der Waals surface area contributed by atoms with Crippen molar-refractivity contribution in [2.24, 2.45) is 0 Å². The molecule has 0 bridgehead atoms. The van der Waals surface area contributed by atoms with Gasteiger partial charge in [-0.1, -0.05) is 19.1 Å². The molecule has 0 radical (unpaired) electrons. The molecule has 0 aliphatic heterocycles. The summed E-state index contributed by atoms with van der Waals surface area (Å²) in [6.07, 6.45) is 1.19. The zero-order valence-corrected chi connectivity index (χ0v) is 9.82. The van der Waals surface area contributed by atoms with Crippen molar-refractivity contribution < 1.29 is 9.47 Å². The highest BCUT2D eigenvalue weighted by Gasteiger charge is 2.05. The first-order chi connectivity index (χ1) is 7.27. The lowest BCUT2D eigenvalue weighted by Crippen LogP contribution is -2.01. The summed E-state index contributed by atoms with van der Waals surface area (Å²) >= 11 is 0. The van der Waals surface area contributed by atoms with Gasteiger partial charge in [0.1, 0.15) is 5.75 Å². The third-order valence-electron chi connectivity index (χ3n) is 2.21. The van der Waals surface area contributed by atoms with Gasteiger partial charge in [0.2, 0.25) is 0 Å². The van der Waals surface area contributed by atoms with E-state index in [9.17, 15) is 0 Å². The highest BCUT2D eigenvalue weighted by Crippen LogP contribution is 2.21. The highest BCUT2D eigenvalue weighted by atomic mass is 16.5. The summed E-state index contributed by atoms with van der Waals surface area (Å²) in [5, 5.41) is 0. The number of hydrogen-bond donors (Lipinski definition) is 0. The van der Waals surface area contributed by atoms with E-state index in [4.69, 9.17) is 9.47 Å². The number of rotatable bonds is 6. The number of ether oxygens (including phenoxy) is 2. The van der Waals surface area contributed by atoms with Crippen LogP contribution >= 0.6 is 0 Å². The van der Waals surface area contributed by atoms with E-state index in [-0.39, 0.29) is 6.10 Å². The number of benzene rings is 1. The second-order valence-electron chi connectivity index (χ2n) is 3.52. The molecular formula is C13H20O2. The molecule has 15 heavy (non-hydrogen) atoms. The van der Waals surface area contributed by atoms with Crippen molar-refractivity contribution in [1.29, 1.82) is 0 Å². The Balaban J connectivity index is 2.62. The van der Waals surface area contributed by atoms with Gasteiger partial charge in [0.15, 0.2) is 0 Å². The molecule has 1 aromatic carbocycles. The largest absolute Gasteiger partial charge is 0.494 e. The van der Waals surface area contributed by atoms with Crippen molar-refractivity contribution >= 4 is 0 Å². The maximum atomic E-state index is 5.65. The van der Waals surface area contributed by atoms with Crippen LogP contribution in [0.15, 0.2) is 24.3 Å². The normalized spacial score (nSPS) is 12.5. The van der Waals surface area contributed by atoms with Crippen LogP contribution in [-0.2, 0) is 4.74 Å². The third kappa shape index (κ3) is 3.92. The molecule has 0 saturated heterocycles. The van der Waals surface area contributed by atoms with Gasteiger partial charge in [0.05, 0.1) is 12.7 Å². The Morgan fingerprint density at radius 2 is 2.07 bits per heavy atom. The van der Waals surface area contributed by atoms with E-state index in [0.717, 1.165) is 18.8 Å². The van der Waals surface area contributed by atoms with Gasteiger partial charge in [-0.25, -0.2) is 0 Å². The summed E-state index contributed by atoms with van der Waals surface area (Å²) < 4.78 is 11.1. The molecule has 84 valence electrons. The topological polar surface area (TPSA) is 18.5 Å². The first kappa shape index (κ1) is 12.1. The molecule has 0 saturated carbocycles. The molecule has 2 nitrogen and oxygen atoms in total. The molecule has 0 N–H and O–H groups in total. The van der Waals surface area contributed by atoms with Gasteiger partial charge in [0, 0.05) is 6.61 Å². The first-order valence-corrected chi connectivity index (χ1v) is 5.62. The van der Waals surface area contributed by atoms with E-state index in [1.807, 2.05) is 25.1 Å². The Labute approximate surface area is 92.2 Å². The van der Waals surface area contributed by atoms with Gasteiger partial charge in [0.25, 0.3) is 0 Å². The molecule has 0 spiro atoms. The molecule has 1 unspecified atom stereocenters. The van der Waals surface area contributed by atoms with Gasteiger partial charge in [-0.05, 0) is 38.0 Å². The Morgan fingerprint density at radius 3 is 2.73 bits per heavy atom. The van der Waals surface area contributed by atoms with Crippen LogP contribution in [0.3, 0.4) is 0 Å². The molecule has 0 fully saturated rings. The second kappa shape index (κ2) is 6.46. The number of hydrogen-bond acceptors (Lipinski definition) is 2. The Morgan fingerprint density at radius 1 is 1.27 bits per heavy atom. The van der Waals surface area contributed by atoms with E-state index in [1.54, 1.807) is 0 Å². The minimum atomic E-state index is 0.144. The van der Waals surface area contributed by atoms with Crippen LogP contribution in [0.5, 0.6) is 5.75 Å². The van der Waals surface area contributed by atoms with Crippen LogP contribution in [0.4, 0.5) is 0 Å². The molecule has 0 aliphatic rings. The summed E-state index contributed by atoms with van der Waals surface area (Å²) in [5.41, 5.74) is 1.18. The van der Waals surface area contributed by atoms with Gasteiger partial charge >= 0.3 is 0 Å². The highest BCUT2D eigenvalue weighted by molar-refractivity contribution is 5.29. The van der Waals surface area contributed by atoms with Gasteiger partial charge < -0.3 is 9.47 Å². The molecule has 1 atom stereocenters. The van der Waals surface area contributed by atoms with Gasteiger partial charge in [-0.2, -0.15) is 0 Å². The molecular weight excluding hydrogens is 188 g/mol. The summed E-state index contributed by atoms with van der Waals surface area (Å²) in [6.45, 7) is 7.68. The van der Waals surface area contributed by atoms with Crippen molar-refractivity contribution in [3.8, 4) is 5.75 Å². The van der Waals surface area contributed by atoms with Crippen LogP contribution in [0.2, 0.25) is 0 Å². The molecule has 0 aliphatic carbocycles. The minimum absolute atomic E-state index is 0.144. The van der Waals surface area contributed by atoms with Gasteiger partial charge in [-0.15, -0.1) is 0 Å². The lowest BCUT2D eigenvalue weighted by molar-refractivity contribution is 0.0661. The van der Waals surface area contributed by atoms with E-state index in [1.165, 1.54) is 5.56 Å². The average molecular weight is 208 g/mol. The molecule has 1 aromatic rings. The average Bonchev–Trinajstić information content (AvgIpc) is 2.27. The predicted octanol–water partition coefficient (Wildman–Crippen LogP) is 3.57. The maximum absolute atomic E-state index is 5.65. The van der Waals surface area contributed by atoms with Crippen LogP contribution < -0.4 is 4.74 Å². The monoisotopic (exact) mass is 208 g/mol. The van der Waals surface area contributed by atoms with Gasteiger partial charge in [-0.3, -0.25) is 0 Å². The quantitative estimate of drug-likeness (QED) is 0.711. The lowest BCUT2D eigenvalue weighted by Gasteiger charge is -2.13. The molecule has 1 rings (SSSR count). The van der Waals surface area contributed by atoms with Crippen LogP contribution in [0.25, 0.3) is 0 Å². The fraction of sp³-hybridized carbons (Fsp3) is 0.538. The SMILES string of the molecule is CCCOC(C)c1cccc(OCC)c1. The van der Waals surface area contributed by atoms with Crippen LogP contribution in [0.1, 0.15) is 38.9 Å². The smallest absolute Gasteiger partial charge is 0.119 e. The van der Waals surface area contributed by atoms with Crippen molar-refractivity contribution in [2.75, 3.05) is 13.2 Å². The molecule has 0 amide bonds. The van der Waals surface area contributed by atoms with Crippen molar-refractivity contribution in [2.45, 2.75) is 33.3 Å². The van der Waals surface area contributed by atoms with Crippen molar-refractivity contribution in [3.05, 3.63) is 29.8 Å². The molecule has 2 heteroatoms. The van der Waals surface area contributed by atoms with E-state index in [0.29, 0.717) is 6.61 Å². The first-order valence-electron chi connectivity index (χ1n) is 5.62. The summed E-state index contributed by atoms with van der Waals surface area (Å²) in [6, 6.07) is 8.10.